The summed E-state index contributed by atoms with van der Waals surface area (Å²) in [5, 5.41) is 4.00. The summed E-state index contributed by atoms with van der Waals surface area (Å²) in [5.41, 5.74) is 2.35. The Bertz CT molecular complexity index is 1040. The van der Waals surface area contributed by atoms with Crippen LogP contribution in [0.25, 0.3) is 10.9 Å². The minimum Gasteiger partial charge on any atom is -0.379 e. The molecule has 0 aliphatic carbocycles. The third-order valence-corrected chi connectivity index (χ3v) is 6.04. The molecule has 0 bridgehead atoms. The van der Waals surface area contributed by atoms with Gasteiger partial charge in [0.1, 0.15) is 5.82 Å². The third-order valence-electron chi connectivity index (χ3n) is 6.04. The first-order valence-electron chi connectivity index (χ1n) is 10.7. The van der Waals surface area contributed by atoms with Crippen LogP contribution in [0.4, 0.5) is 14.9 Å². The standard InChI is InChI=1S/C24H29FN4O2/c1-18(21-5-3-4-6-22(21)25)27(2)24(30)26-20-7-8-23-19(17-20)9-10-29(23)12-11-28-13-15-31-16-14-28/h3-10,17-18H,11-16H2,1-2H3,(H,26,30). The fourth-order valence-electron chi connectivity index (χ4n) is 3.96. The number of hydrogen-bond donors (Lipinski definition) is 1. The normalized spacial score (nSPS) is 15.7. The van der Waals surface area contributed by atoms with E-state index >= 15 is 0 Å². The van der Waals surface area contributed by atoms with Crippen molar-refractivity contribution >= 4 is 22.6 Å². The minimum absolute atomic E-state index is 0.276. The van der Waals surface area contributed by atoms with Gasteiger partial charge in [-0.1, -0.05) is 18.2 Å². The lowest BCUT2D eigenvalue weighted by Crippen LogP contribution is -2.38. The highest BCUT2D eigenvalue weighted by atomic mass is 19.1. The summed E-state index contributed by atoms with van der Waals surface area (Å²) in [6.07, 6.45) is 2.09. The molecule has 2 aromatic carbocycles. The molecule has 1 unspecified atom stereocenters. The van der Waals surface area contributed by atoms with Crippen molar-refractivity contribution in [1.82, 2.24) is 14.4 Å². The number of carbonyl (C=O) groups is 1. The molecule has 2 amide bonds. The molecule has 1 N–H and O–H groups in total. The number of anilines is 1. The molecule has 1 saturated heterocycles. The maximum absolute atomic E-state index is 14.1. The number of amides is 2. The van der Waals surface area contributed by atoms with Crippen molar-refractivity contribution in [3.63, 3.8) is 0 Å². The van der Waals surface area contributed by atoms with E-state index in [0.29, 0.717) is 5.56 Å². The molecule has 3 aromatic rings. The number of hydrogen-bond acceptors (Lipinski definition) is 3. The molecule has 31 heavy (non-hydrogen) atoms. The van der Waals surface area contributed by atoms with Gasteiger partial charge in [0.2, 0.25) is 0 Å². The van der Waals surface area contributed by atoms with Crippen LogP contribution in [0.3, 0.4) is 0 Å². The zero-order chi connectivity index (χ0) is 21.8. The van der Waals surface area contributed by atoms with Crippen molar-refractivity contribution in [2.75, 3.05) is 45.2 Å². The number of halogens is 1. The van der Waals surface area contributed by atoms with E-state index in [4.69, 9.17) is 4.74 Å². The van der Waals surface area contributed by atoms with Crippen LogP contribution in [0, 0.1) is 5.82 Å². The fourth-order valence-corrected chi connectivity index (χ4v) is 3.96. The predicted octanol–water partition coefficient (Wildman–Crippen LogP) is 4.34. The zero-order valence-electron chi connectivity index (χ0n) is 18.1. The quantitative estimate of drug-likeness (QED) is 0.641. The van der Waals surface area contributed by atoms with Crippen molar-refractivity contribution in [1.29, 1.82) is 0 Å². The van der Waals surface area contributed by atoms with Gasteiger partial charge in [0.05, 0.1) is 19.3 Å². The molecule has 0 radical (unpaired) electrons. The molecule has 1 atom stereocenters. The van der Waals surface area contributed by atoms with Crippen LogP contribution in [-0.4, -0.2) is 60.3 Å². The van der Waals surface area contributed by atoms with Gasteiger partial charge < -0.3 is 19.5 Å². The predicted molar refractivity (Wildman–Crippen MR) is 121 cm³/mol. The van der Waals surface area contributed by atoms with Crippen molar-refractivity contribution in [3.8, 4) is 0 Å². The van der Waals surface area contributed by atoms with Gasteiger partial charge in [-0.05, 0) is 37.3 Å². The summed E-state index contributed by atoms with van der Waals surface area (Å²) in [6, 6.07) is 13.9. The number of nitrogens with one attached hydrogen (secondary N) is 1. The van der Waals surface area contributed by atoms with Gasteiger partial charge in [-0.2, -0.15) is 0 Å². The van der Waals surface area contributed by atoms with Crippen molar-refractivity contribution < 1.29 is 13.9 Å². The van der Waals surface area contributed by atoms with Crippen molar-refractivity contribution in [3.05, 3.63) is 66.1 Å². The Morgan fingerprint density at radius 1 is 1.16 bits per heavy atom. The number of urea groups is 1. The number of ether oxygens (including phenoxy) is 1. The second-order valence-corrected chi connectivity index (χ2v) is 7.98. The van der Waals surface area contributed by atoms with E-state index in [1.165, 1.54) is 11.0 Å². The molecule has 2 heterocycles. The summed E-state index contributed by atoms with van der Waals surface area (Å²) < 4.78 is 21.7. The second kappa shape index (κ2) is 9.49. The highest BCUT2D eigenvalue weighted by Crippen LogP contribution is 2.24. The lowest BCUT2D eigenvalue weighted by Gasteiger charge is -2.26. The second-order valence-electron chi connectivity index (χ2n) is 7.98. The molecule has 6 nitrogen and oxygen atoms in total. The number of nitrogens with zero attached hydrogens (tertiary/aromatic N) is 3. The maximum Gasteiger partial charge on any atom is 0.322 e. The largest absolute Gasteiger partial charge is 0.379 e. The average molecular weight is 425 g/mol. The van der Waals surface area contributed by atoms with E-state index in [9.17, 15) is 9.18 Å². The summed E-state index contributed by atoms with van der Waals surface area (Å²) in [5.74, 6) is -0.311. The van der Waals surface area contributed by atoms with Crippen LogP contribution in [0.2, 0.25) is 0 Å². The van der Waals surface area contributed by atoms with E-state index in [2.05, 4.69) is 27.0 Å². The van der Waals surface area contributed by atoms with Gasteiger partial charge in [-0.15, -0.1) is 0 Å². The lowest BCUT2D eigenvalue weighted by atomic mass is 10.1. The Balaban J connectivity index is 1.40. The topological polar surface area (TPSA) is 49.7 Å². The third kappa shape index (κ3) is 4.89. The Morgan fingerprint density at radius 3 is 2.71 bits per heavy atom. The highest BCUT2D eigenvalue weighted by molar-refractivity contribution is 5.93. The Morgan fingerprint density at radius 2 is 1.94 bits per heavy atom. The van der Waals surface area contributed by atoms with Crippen LogP contribution < -0.4 is 5.32 Å². The van der Waals surface area contributed by atoms with E-state index in [1.807, 2.05) is 25.1 Å². The van der Waals surface area contributed by atoms with E-state index < -0.39 is 0 Å². The molecule has 7 heteroatoms. The summed E-state index contributed by atoms with van der Waals surface area (Å²) in [7, 11) is 1.67. The summed E-state index contributed by atoms with van der Waals surface area (Å²) in [4.78, 5) is 16.7. The molecule has 0 saturated carbocycles. The number of aromatic nitrogens is 1. The zero-order valence-corrected chi connectivity index (χ0v) is 18.1. The van der Waals surface area contributed by atoms with Crippen molar-refractivity contribution in [2.45, 2.75) is 19.5 Å². The monoisotopic (exact) mass is 424 g/mol. The van der Waals surface area contributed by atoms with Gasteiger partial charge >= 0.3 is 6.03 Å². The van der Waals surface area contributed by atoms with Crippen LogP contribution in [0.5, 0.6) is 0 Å². The minimum atomic E-state index is -0.383. The fraction of sp³-hybridized carbons (Fsp3) is 0.375. The number of carbonyl (C=O) groups excluding carboxylic acids is 1. The number of fused-ring (bicyclic) bond motifs is 1. The van der Waals surface area contributed by atoms with Gasteiger partial charge in [0.25, 0.3) is 0 Å². The summed E-state index contributed by atoms with van der Waals surface area (Å²) >= 11 is 0. The SMILES string of the molecule is CC(c1ccccc1F)N(C)C(=O)Nc1ccc2c(ccn2CCN2CCOCC2)c1. The van der Waals surface area contributed by atoms with Gasteiger partial charge in [-0.25, -0.2) is 9.18 Å². The molecular formula is C24H29FN4O2. The highest BCUT2D eigenvalue weighted by Gasteiger charge is 2.20. The maximum atomic E-state index is 14.1. The van der Waals surface area contributed by atoms with E-state index in [0.717, 1.165) is 56.0 Å². The average Bonchev–Trinajstić information content (AvgIpc) is 3.20. The van der Waals surface area contributed by atoms with E-state index in [-0.39, 0.29) is 17.9 Å². The first-order valence-corrected chi connectivity index (χ1v) is 10.7. The molecule has 1 fully saturated rings. The van der Waals surface area contributed by atoms with Gasteiger partial charge in [0, 0.05) is 61.6 Å². The molecule has 0 spiro atoms. The number of morpholine rings is 1. The van der Waals surface area contributed by atoms with Crippen LogP contribution in [0.1, 0.15) is 18.5 Å². The molecule has 164 valence electrons. The number of benzene rings is 2. The molecular weight excluding hydrogens is 395 g/mol. The number of rotatable bonds is 6. The first-order chi connectivity index (χ1) is 15.0. The summed E-state index contributed by atoms with van der Waals surface area (Å²) in [6.45, 7) is 7.29. The van der Waals surface area contributed by atoms with Gasteiger partial charge in [-0.3, -0.25) is 4.90 Å². The molecule has 1 aliphatic heterocycles. The molecule has 1 aromatic heterocycles. The van der Waals surface area contributed by atoms with Crippen LogP contribution in [0.15, 0.2) is 54.7 Å². The smallest absolute Gasteiger partial charge is 0.322 e. The Labute approximate surface area is 182 Å². The Kier molecular flexibility index (Phi) is 6.53. The van der Waals surface area contributed by atoms with Crippen LogP contribution >= 0.6 is 0 Å². The van der Waals surface area contributed by atoms with Gasteiger partial charge in [0.15, 0.2) is 0 Å². The molecule has 4 rings (SSSR count). The molecule has 1 aliphatic rings. The first kappa shape index (κ1) is 21.3. The van der Waals surface area contributed by atoms with Crippen molar-refractivity contribution in [2.24, 2.45) is 0 Å². The van der Waals surface area contributed by atoms with Crippen LogP contribution in [-0.2, 0) is 11.3 Å². The Hall–Kier alpha value is -2.90. The lowest BCUT2D eigenvalue weighted by molar-refractivity contribution is 0.0365. The van der Waals surface area contributed by atoms with E-state index in [1.54, 1.807) is 25.2 Å².